The normalized spacial score (nSPS) is 11.0. The molecule has 0 bridgehead atoms. The summed E-state index contributed by atoms with van der Waals surface area (Å²) in [6, 6.07) is 32.5. The predicted molar refractivity (Wildman–Crippen MR) is 160 cm³/mol. The van der Waals surface area contributed by atoms with Crippen LogP contribution in [0.25, 0.3) is 0 Å². The van der Waals surface area contributed by atoms with Crippen LogP contribution >= 0.6 is 0 Å². The predicted octanol–water partition coefficient (Wildman–Crippen LogP) is -0.00120. The molecule has 0 saturated carbocycles. The van der Waals surface area contributed by atoms with Gasteiger partial charge in [0, 0.05) is 28.4 Å². The molecule has 0 unspecified atom stereocenters. The second kappa shape index (κ2) is 17.2. The molecule has 0 aliphatic rings. The van der Waals surface area contributed by atoms with E-state index in [1.54, 1.807) is 28.4 Å². The first kappa shape index (κ1) is 33.5. The quantitative estimate of drug-likeness (QED) is 0.135. The Morgan fingerprint density at radius 3 is 0.714 bits per heavy atom. The molecule has 4 aromatic carbocycles. The van der Waals surface area contributed by atoms with Gasteiger partial charge in [-0.3, -0.25) is 0 Å². The van der Waals surface area contributed by atoms with Crippen LogP contribution in [0, 0.1) is 0 Å². The zero-order chi connectivity index (χ0) is 28.9. The Morgan fingerprint density at radius 1 is 0.357 bits per heavy atom. The Kier molecular flexibility index (Phi) is 13.7. The zero-order valence-corrected chi connectivity index (χ0v) is 26.9. The minimum absolute atomic E-state index is 0. The van der Waals surface area contributed by atoms with E-state index in [0.717, 1.165) is 44.8 Å². The van der Waals surface area contributed by atoms with Crippen molar-refractivity contribution in [1.82, 2.24) is 0 Å². The Balaban J connectivity index is 0.00000484. The molecule has 4 aromatic rings. The van der Waals surface area contributed by atoms with Gasteiger partial charge in [0.05, 0.1) is 0 Å². The van der Waals surface area contributed by atoms with Crippen LogP contribution in [0.5, 0.6) is 23.0 Å². The maximum Gasteiger partial charge on any atom is 1.00 e. The molecule has 0 heterocycles. The summed E-state index contributed by atoms with van der Waals surface area (Å²) in [6.45, 7) is 0.684. The van der Waals surface area contributed by atoms with Crippen molar-refractivity contribution in [3.63, 3.8) is 0 Å². The van der Waals surface area contributed by atoms with Crippen molar-refractivity contribution in [3.8, 4) is 23.0 Å². The van der Waals surface area contributed by atoms with E-state index in [4.69, 9.17) is 37.9 Å². The van der Waals surface area contributed by atoms with Gasteiger partial charge in [0.15, 0.2) is 27.2 Å². The van der Waals surface area contributed by atoms with Gasteiger partial charge in [-0.05, 0) is 48.5 Å². The summed E-state index contributed by atoms with van der Waals surface area (Å²) in [5.41, 5.74) is 4.38. The monoisotopic (exact) mass is 582 g/mol. The summed E-state index contributed by atoms with van der Waals surface area (Å²) < 4.78 is 43.1. The molecule has 216 valence electrons. The van der Waals surface area contributed by atoms with E-state index in [2.05, 4.69) is 48.5 Å². The molecule has 10 heteroatoms. The van der Waals surface area contributed by atoms with E-state index in [0.29, 0.717) is 0 Å². The first-order chi connectivity index (χ1) is 20.1. The molecule has 0 atom stereocenters. The minimum atomic E-state index is -1.69. The summed E-state index contributed by atoms with van der Waals surface area (Å²) in [7, 11) is 6.40. The van der Waals surface area contributed by atoms with Gasteiger partial charge in [-0.25, -0.2) is 0 Å². The van der Waals surface area contributed by atoms with Crippen molar-refractivity contribution in [2.24, 2.45) is 0 Å². The maximum atomic E-state index is 5.70. The number of rotatable bonds is 16. The summed E-state index contributed by atoms with van der Waals surface area (Å²) in [5, 5.41) is 0. The minimum Gasteiger partial charge on any atom is -0.468 e. The van der Waals surface area contributed by atoms with E-state index in [9.17, 15) is 0 Å². The molecule has 0 amide bonds. The molecule has 0 aromatic heterocycles. The molecular weight excluding hydrogens is 546 g/mol. The van der Waals surface area contributed by atoms with E-state index in [-0.39, 0.29) is 56.7 Å². The second-order valence-corrected chi connectivity index (χ2v) is 9.35. The Morgan fingerprint density at radius 2 is 0.548 bits per heavy atom. The van der Waals surface area contributed by atoms with Gasteiger partial charge >= 0.3 is 29.6 Å². The molecule has 0 aliphatic carbocycles. The Hall–Kier alpha value is -3.02. The summed E-state index contributed by atoms with van der Waals surface area (Å²) in [5.74, 6) is 2.87. The molecule has 0 aliphatic heterocycles. The molecule has 0 fully saturated rings. The van der Waals surface area contributed by atoms with Crippen LogP contribution < -0.4 is 70.4 Å². The van der Waals surface area contributed by atoms with Crippen molar-refractivity contribution in [1.29, 1.82) is 0 Å². The molecule has 0 spiro atoms. The summed E-state index contributed by atoms with van der Waals surface area (Å²) >= 11 is 0. The van der Waals surface area contributed by atoms with Gasteiger partial charge in [0.1, 0.15) is 29.1 Å². The molecule has 8 nitrogen and oxygen atoms in total. The number of benzene rings is 4. The Labute approximate surface area is 270 Å². The molecule has 4 rings (SSSR count). The van der Waals surface area contributed by atoms with Crippen LogP contribution in [0.3, 0.4) is 0 Å². The van der Waals surface area contributed by atoms with Crippen molar-refractivity contribution in [2.75, 3.05) is 55.6 Å². The Bertz CT molecular complexity index is 1110. The van der Waals surface area contributed by atoms with Crippen LogP contribution in [-0.2, 0) is 18.9 Å². The third-order valence-electron chi connectivity index (χ3n) is 6.89. The van der Waals surface area contributed by atoms with Crippen molar-refractivity contribution >= 4 is 28.0 Å². The standard InChI is InChI=1S/C32H36BO8.Na/c1-34-21-38-29-13-5-25(6-14-29)33(26-7-15-30(16-8-26)39-22-35-2,27-9-17-31(18-10-27)40-23-36-3)28-11-19-32(20-12-28)41-24-37-4;/h5-20H,21-24H2,1-4H3;/q-1;+1. The van der Waals surface area contributed by atoms with Gasteiger partial charge in [0.25, 0.3) is 0 Å². The van der Waals surface area contributed by atoms with Gasteiger partial charge in [0.2, 0.25) is 0 Å². The van der Waals surface area contributed by atoms with Gasteiger partial charge in [-0.15, -0.1) is 0 Å². The van der Waals surface area contributed by atoms with Crippen LogP contribution in [0.4, 0.5) is 0 Å². The fraction of sp³-hybridized carbons (Fsp3) is 0.250. The van der Waals surface area contributed by atoms with Crippen molar-refractivity contribution in [2.45, 2.75) is 0 Å². The van der Waals surface area contributed by atoms with Gasteiger partial charge in [-0.2, -0.15) is 21.9 Å². The average molecular weight is 582 g/mol. The smallest absolute Gasteiger partial charge is 0.468 e. The first-order valence-corrected chi connectivity index (χ1v) is 13.2. The van der Waals surface area contributed by atoms with Crippen molar-refractivity contribution < 1.29 is 67.5 Å². The first-order valence-electron chi connectivity index (χ1n) is 13.2. The fourth-order valence-corrected chi connectivity index (χ4v) is 5.07. The van der Waals surface area contributed by atoms with E-state index in [1.165, 1.54) is 0 Å². The van der Waals surface area contributed by atoms with Crippen LogP contribution in [0.15, 0.2) is 97.1 Å². The molecule has 0 radical (unpaired) electrons. The second-order valence-electron chi connectivity index (χ2n) is 9.35. The van der Waals surface area contributed by atoms with Gasteiger partial charge in [-0.1, -0.05) is 48.5 Å². The molecular formula is C32H36BNaO8. The largest absolute Gasteiger partial charge is 1.00 e. The average Bonchev–Trinajstić information content (AvgIpc) is 3.03. The zero-order valence-electron chi connectivity index (χ0n) is 24.9. The number of ether oxygens (including phenoxy) is 8. The van der Waals surface area contributed by atoms with Crippen molar-refractivity contribution in [3.05, 3.63) is 97.1 Å². The van der Waals surface area contributed by atoms with E-state index in [1.807, 2.05) is 48.5 Å². The number of hydrogen-bond donors (Lipinski definition) is 0. The third-order valence-corrected chi connectivity index (χ3v) is 6.89. The summed E-state index contributed by atoms with van der Waals surface area (Å²) in [6.07, 6.45) is -1.69. The topological polar surface area (TPSA) is 73.8 Å². The SMILES string of the molecule is COCOc1ccc([B-](c2ccc(OCOC)cc2)(c2ccc(OCOC)cc2)c2ccc(OCOC)cc2)cc1.[Na+]. The fourth-order valence-electron chi connectivity index (χ4n) is 5.07. The maximum absolute atomic E-state index is 5.70. The van der Waals surface area contributed by atoms with E-state index < -0.39 is 6.15 Å². The molecule has 0 saturated heterocycles. The third kappa shape index (κ3) is 8.08. The summed E-state index contributed by atoms with van der Waals surface area (Å²) in [4.78, 5) is 0. The molecule has 0 N–H and O–H groups in total. The number of hydrogen-bond acceptors (Lipinski definition) is 8. The van der Waals surface area contributed by atoms with Crippen LogP contribution in [0.2, 0.25) is 0 Å². The number of methoxy groups -OCH3 is 4. The molecule has 42 heavy (non-hydrogen) atoms. The van der Waals surface area contributed by atoms with Gasteiger partial charge < -0.3 is 37.9 Å². The van der Waals surface area contributed by atoms with E-state index >= 15 is 0 Å². The van der Waals surface area contributed by atoms with Crippen LogP contribution in [0.1, 0.15) is 0 Å². The van der Waals surface area contributed by atoms with Crippen LogP contribution in [-0.4, -0.2) is 61.8 Å².